The van der Waals surface area contributed by atoms with E-state index in [2.05, 4.69) is 39.4 Å². The number of hydrogen-bond acceptors (Lipinski definition) is 8. The van der Waals surface area contributed by atoms with E-state index in [-0.39, 0.29) is 24.1 Å². The Bertz CT molecular complexity index is 1680. The van der Waals surface area contributed by atoms with Crippen LogP contribution in [0.15, 0.2) is 65.3 Å². The number of hydrogen-bond donors (Lipinski definition) is 4. The normalized spacial score (nSPS) is 13.7. The van der Waals surface area contributed by atoms with E-state index in [9.17, 15) is 14.4 Å². The second-order valence-electron chi connectivity index (χ2n) is 12.0. The van der Waals surface area contributed by atoms with Crippen LogP contribution in [0.5, 0.6) is 0 Å². The zero-order chi connectivity index (χ0) is 35.3. The van der Waals surface area contributed by atoms with Crippen molar-refractivity contribution in [3.8, 4) is 0 Å². The average Bonchev–Trinajstić information content (AvgIpc) is 3.28. The molecule has 2 aromatic carbocycles. The molecular formula is C38H50N8O3. The molecule has 11 heteroatoms. The van der Waals surface area contributed by atoms with Gasteiger partial charge in [-0.15, -0.1) is 0 Å². The van der Waals surface area contributed by atoms with Crippen molar-refractivity contribution in [2.24, 2.45) is 16.5 Å². The predicted molar refractivity (Wildman–Crippen MR) is 197 cm³/mol. The number of anilines is 1. The Labute approximate surface area is 289 Å². The number of aromatic nitrogens is 1. The number of fused-ring (bicyclic) bond motifs is 2. The highest BCUT2D eigenvalue weighted by Crippen LogP contribution is 2.29. The second kappa shape index (κ2) is 18.0. The van der Waals surface area contributed by atoms with Crippen LogP contribution >= 0.6 is 0 Å². The third-order valence-corrected chi connectivity index (χ3v) is 8.24. The summed E-state index contributed by atoms with van der Waals surface area (Å²) in [7, 11) is 0. The molecule has 11 nitrogen and oxygen atoms in total. The van der Waals surface area contributed by atoms with Crippen LogP contribution in [0.4, 0.5) is 11.4 Å². The van der Waals surface area contributed by atoms with Gasteiger partial charge in [0.1, 0.15) is 5.84 Å². The topological polar surface area (TPSA) is 159 Å². The van der Waals surface area contributed by atoms with Crippen LogP contribution in [0, 0.1) is 0 Å². The summed E-state index contributed by atoms with van der Waals surface area (Å²) in [5.74, 6) is -0.105. The first-order chi connectivity index (χ1) is 23.8. The van der Waals surface area contributed by atoms with Gasteiger partial charge in [0.05, 0.1) is 17.6 Å². The summed E-state index contributed by atoms with van der Waals surface area (Å²) >= 11 is 0. The Balaban J connectivity index is 0.00000265. The zero-order valence-electron chi connectivity index (χ0n) is 29.2. The summed E-state index contributed by atoms with van der Waals surface area (Å²) in [6.07, 6.45) is 6.36. The summed E-state index contributed by atoms with van der Waals surface area (Å²) in [6, 6.07) is 14.9. The van der Waals surface area contributed by atoms with Gasteiger partial charge in [-0.3, -0.25) is 24.3 Å². The number of nitrogens with zero attached hydrogens (tertiary/aromatic N) is 4. The first-order valence-electron chi connectivity index (χ1n) is 17.3. The van der Waals surface area contributed by atoms with E-state index in [0.29, 0.717) is 66.6 Å². The van der Waals surface area contributed by atoms with Gasteiger partial charge in [0.2, 0.25) is 5.91 Å². The van der Waals surface area contributed by atoms with Crippen molar-refractivity contribution in [1.29, 1.82) is 0 Å². The third-order valence-electron chi connectivity index (χ3n) is 8.24. The lowest BCUT2D eigenvalue weighted by Gasteiger charge is -2.28. The highest BCUT2D eigenvalue weighted by Gasteiger charge is 2.22. The number of benzene rings is 2. The molecule has 260 valence electrons. The minimum Gasteiger partial charge on any atom is -0.387 e. The van der Waals surface area contributed by atoms with Gasteiger partial charge in [0, 0.05) is 86.6 Å². The molecule has 6 N–H and O–H groups in total. The molecule has 0 fully saturated rings. The Hall–Kier alpha value is -4.87. The number of rotatable bonds is 12. The van der Waals surface area contributed by atoms with Gasteiger partial charge in [-0.1, -0.05) is 45.9 Å². The molecule has 0 atom stereocenters. The molecule has 3 aromatic rings. The molecule has 2 aliphatic heterocycles. The van der Waals surface area contributed by atoms with Crippen molar-refractivity contribution in [2.45, 2.75) is 66.5 Å². The fraction of sp³-hybridized carbons (Fsp3) is 0.395. The Kier molecular flexibility index (Phi) is 13.6. The number of carbonyl (C=O) groups excluding carboxylic acids is 3. The maximum Gasteiger partial charge on any atom is 0.255 e. The number of amides is 3. The number of nitrogens with two attached hydrogens (primary N) is 2. The maximum absolute atomic E-state index is 13.3. The molecule has 0 aliphatic carbocycles. The summed E-state index contributed by atoms with van der Waals surface area (Å²) in [4.78, 5) is 52.2. The van der Waals surface area contributed by atoms with Crippen molar-refractivity contribution in [3.05, 3.63) is 93.8 Å². The largest absolute Gasteiger partial charge is 0.387 e. The molecule has 2 aliphatic rings. The van der Waals surface area contributed by atoms with Crippen LogP contribution < -0.4 is 22.1 Å². The Morgan fingerprint density at radius 3 is 2.37 bits per heavy atom. The highest BCUT2D eigenvalue weighted by molar-refractivity contribution is 6.08. The van der Waals surface area contributed by atoms with Crippen LogP contribution in [0.2, 0.25) is 0 Å². The number of carbonyl (C=O) groups is 3. The van der Waals surface area contributed by atoms with Gasteiger partial charge in [-0.25, -0.2) is 4.99 Å². The number of amidine groups is 1. The third kappa shape index (κ3) is 9.84. The SMILES string of the molecule is CC.CCCN(CCC)C(=O)C1=Cc2ccc(C(=O)Nc3cnc4c(c3)CN(Cc3ccc(C(=O)NCCN)cc3)CC4)cc2N=C(N)C1. The van der Waals surface area contributed by atoms with Crippen LogP contribution in [-0.2, 0) is 24.3 Å². The van der Waals surface area contributed by atoms with Crippen LogP contribution in [-0.4, -0.2) is 71.1 Å². The molecule has 5 rings (SSSR count). The minimum atomic E-state index is -0.284. The summed E-state index contributed by atoms with van der Waals surface area (Å²) < 4.78 is 0. The van der Waals surface area contributed by atoms with Crippen molar-refractivity contribution in [3.63, 3.8) is 0 Å². The smallest absolute Gasteiger partial charge is 0.255 e. The number of pyridine rings is 1. The van der Waals surface area contributed by atoms with E-state index < -0.39 is 0 Å². The van der Waals surface area contributed by atoms with E-state index in [1.165, 1.54) is 0 Å². The van der Waals surface area contributed by atoms with Crippen molar-refractivity contribution < 1.29 is 14.4 Å². The molecular weight excluding hydrogens is 616 g/mol. The Morgan fingerprint density at radius 2 is 1.67 bits per heavy atom. The first kappa shape index (κ1) is 37.0. The van der Waals surface area contributed by atoms with Crippen molar-refractivity contribution in [1.82, 2.24) is 20.1 Å². The average molecular weight is 667 g/mol. The molecule has 3 amide bonds. The zero-order valence-corrected chi connectivity index (χ0v) is 29.2. The van der Waals surface area contributed by atoms with Gasteiger partial charge in [0.15, 0.2) is 0 Å². The predicted octanol–water partition coefficient (Wildman–Crippen LogP) is 5.03. The van der Waals surface area contributed by atoms with E-state index in [1.807, 2.05) is 61.2 Å². The lowest BCUT2D eigenvalue weighted by Crippen LogP contribution is -2.34. The molecule has 49 heavy (non-hydrogen) atoms. The summed E-state index contributed by atoms with van der Waals surface area (Å²) in [6.45, 7) is 12.6. The standard InChI is InChI=1S/C36H44N8O3.C2H6/c1-3-14-44(15-4-2)36(47)28-17-26-9-10-27(19-32(26)42-33(38)20-28)35(46)41-30-18-29-23-43(16-11-31(29)40-21-30)22-24-5-7-25(8-6-24)34(45)39-13-12-37;1-2/h5-10,17-19,21H,3-4,11-16,20,22-23,37H2,1-2H3,(H2,38,42)(H,39,45)(H,41,46);1-2H3. The molecule has 0 radical (unpaired) electrons. The van der Waals surface area contributed by atoms with Gasteiger partial charge in [0.25, 0.3) is 11.8 Å². The lowest BCUT2D eigenvalue weighted by atomic mass is 10.0. The number of nitrogens with one attached hydrogen (secondary N) is 2. The van der Waals surface area contributed by atoms with Crippen molar-refractivity contribution >= 4 is 41.0 Å². The molecule has 0 saturated carbocycles. The monoisotopic (exact) mass is 666 g/mol. The molecule has 0 unspecified atom stereocenters. The van der Waals surface area contributed by atoms with Gasteiger partial charge in [-0.2, -0.15) is 0 Å². The van der Waals surface area contributed by atoms with E-state index in [1.54, 1.807) is 18.3 Å². The van der Waals surface area contributed by atoms with Crippen LogP contribution in [0.25, 0.3) is 6.08 Å². The number of aliphatic imine (C=N–C) groups is 1. The highest BCUT2D eigenvalue weighted by atomic mass is 16.2. The quantitative estimate of drug-likeness (QED) is 0.211. The van der Waals surface area contributed by atoms with Gasteiger partial charge < -0.3 is 27.0 Å². The van der Waals surface area contributed by atoms with Gasteiger partial charge >= 0.3 is 0 Å². The molecule has 3 heterocycles. The lowest BCUT2D eigenvalue weighted by molar-refractivity contribution is -0.127. The first-order valence-corrected chi connectivity index (χ1v) is 17.3. The van der Waals surface area contributed by atoms with E-state index in [4.69, 9.17) is 11.5 Å². The Morgan fingerprint density at radius 1 is 0.959 bits per heavy atom. The van der Waals surface area contributed by atoms with Crippen LogP contribution in [0.1, 0.15) is 90.1 Å². The van der Waals surface area contributed by atoms with Crippen LogP contribution in [0.3, 0.4) is 0 Å². The maximum atomic E-state index is 13.3. The molecule has 0 saturated heterocycles. The minimum absolute atomic E-state index is 0.0269. The molecule has 1 aromatic heterocycles. The molecule has 0 bridgehead atoms. The summed E-state index contributed by atoms with van der Waals surface area (Å²) in [5.41, 5.74) is 18.5. The van der Waals surface area contributed by atoms with Crippen molar-refractivity contribution in [2.75, 3.05) is 38.0 Å². The molecule has 0 spiro atoms. The van der Waals surface area contributed by atoms with E-state index in [0.717, 1.165) is 54.7 Å². The van der Waals surface area contributed by atoms with E-state index >= 15 is 0 Å². The van der Waals surface area contributed by atoms with Gasteiger partial charge in [-0.05, 0) is 60.4 Å². The summed E-state index contributed by atoms with van der Waals surface area (Å²) in [5, 5.41) is 5.77. The fourth-order valence-electron chi connectivity index (χ4n) is 5.93. The fourth-order valence-corrected chi connectivity index (χ4v) is 5.93. The second-order valence-corrected chi connectivity index (χ2v) is 12.0.